The summed E-state index contributed by atoms with van der Waals surface area (Å²) in [6.07, 6.45) is 6.16. The SMILES string of the molecule is CC(NC(=O)OC(C)(C)C)C(=O)N1CCC(CN(c2ncc(B3OC(C)(C)C(C)(C)O3)cn2)C2CC2)C1. The Morgan fingerprint density at radius 2 is 1.76 bits per heavy atom. The van der Waals surface area contributed by atoms with Crippen molar-refractivity contribution in [1.82, 2.24) is 20.2 Å². The molecule has 2 atom stereocenters. The van der Waals surface area contributed by atoms with Gasteiger partial charge in [0.25, 0.3) is 0 Å². The quantitative estimate of drug-likeness (QED) is 0.553. The lowest BCUT2D eigenvalue weighted by atomic mass is 9.81. The van der Waals surface area contributed by atoms with Crippen LogP contribution in [0.15, 0.2) is 12.4 Å². The topological polar surface area (TPSA) is 106 Å². The molecular weight excluding hydrogens is 473 g/mol. The van der Waals surface area contributed by atoms with Crippen molar-refractivity contribution in [1.29, 1.82) is 0 Å². The Labute approximate surface area is 221 Å². The van der Waals surface area contributed by atoms with Crippen LogP contribution in [-0.4, -0.2) is 82.5 Å². The van der Waals surface area contributed by atoms with E-state index in [0.717, 1.165) is 31.3 Å². The highest BCUT2D eigenvalue weighted by atomic mass is 16.7. The van der Waals surface area contributed by atoms with Crippen molar-refractivity contribution in [2.24, 2.45) is 5.92 Å². The van der Waals surface area contributed by atoms with E-state index in [1.165, 1.54) is 0 Å². The Balaban J connectivity index is 1.33. The van der Waals surface area contributed by atoms with Crippen LogP contribution in [0.5, 0.6) is 0 Å². The zero-order valence-corrected chi connectivity index (χ0v) is 23.5. The number of carbonyl (C=O) groups excluding carboxylic acids is 2. The van der Waals surface area contributed by atoms with Gasteiger partial charge in [-0.05, 0) is 80.6 Å². The van der Waals surface area contributed by atoms with Crippen LogP contribution in [0.3, 0.4) is 0 Å². The standard InChI is InChI=1S/C26H42BN5O5/c1-17(30-23(34)35-24(2,3)4)21(33)31-12-11-18(15-31)16-32(20-9-10-20)22-28-13-19(14-29-22)27-36-25(5,6)26(7,8)37-27/h13-14,17-18,20H,9-12,15-16H2,1-8H3,(H,30,34). The maximum absolute atomic E-state index is 12.9. The Kier molecular flexibility index (Phi) is 7.51. The number of nitrogens with one attached hydrogen (secondary N) is 1. The maximum atomic E-state index is 12.9. The molecule has 11 heteroatoms. The van der Waals surface area contributed by atoms with Crippen LogP contribution in [0.2, 0.25) is 0 Å². The third-order valence-corrected chi connectivity index (χ3v) is 7.58. The van der Waals surface area contributed by atoms with Gasteiger partial charge in [-0.1, -0.05) is 0 Å². The summed E-state index contributed by atoms with van der Waals surface area (Å²) in [6, 6.07) is -0.209. The highest BCUT2D eigenvalue weighted by Gasteiger charge is 2.52. The fraction of sp³-hybridized carbons (Fsp3) is 0.769. The number of hydrogen-bond donors (Lipinski definition) is 1. The fourth-order valence-corrected chi connectivity index (χ4v) is 4.64. The Morgan fingerprint density at radius 3 is 2.30 bits per heavy atom. The zero-order valence-electron chi connectivity index (χ0n) is 23.5. The molecule has 4 rings (SSSR count). The molecule has 37 heavy (non-hydrogen) atoms. The molecular formula is C26H42BN5O5. The lowest BCUT2D eigenvalue weighted by Crippen LogP contribution is -2.47. The molecule has 0 radical (unpaired) electrons. The first kappa shape index (κ1) is 27.6. The van der Waals surface area contributed by atoms with Gasteiger partial charge in [-0.15, -0.1) is 0 Å². The van der Waals surface area contributed by atoms with E-state index in [1.807, 2.05) is 32.6 Å². The van der Waals surface area contributed by atoms with Gasteiger partial charge < -0.3 is 29.2 Å². The van der Waals surface area contributed by atoms with Crippen LogP contribution in [-0.2, 0) is 18.8 Å². The maximum Gasteiger partial charge on any atom is 0.498 e. The Hall–Kier alpha value is -2.40. The minimum absolute atomic E-state index is 0.0886. The van der Waals surface area contributed by atoms with E-state index < -0.39 is 36.1 Å². The van der Waals surface area contributed by atoms with Crippen LogP contribution < -0.4 is 15.7 Å². The summed E-state index contributed by atoms with van der Waals surface area (Å²) in [4.78, 5) is 38.5. The highest BCUT2D eigenvalue weighted by Crippen LogP contribution is 2.36. The highest BCUT2D eigenvalue weighted by molar-refractivity contribution is 6.61. The largest absolute Gasteiger partial charge is 0.498 e. The number of anilines is 1. The minimum atomic E-state index is -0.640. The Morgan fingerprint density at radius 1 is 1.16 bits per heavy atom. The number of amides is 2. The molecule has 204 valence electrons. The van der Waals surface area contributed by atoms with Gasteiger partial charge in [-0.3, -0.25) is 4.79 Å². The number of ether oxygens (including phenoxy) is 1. The fourth-order valence-electron chi connectivity index (χ4n) is 4.64. The van der Waals surface area contributed by atoms with Crippen LogP contribution in [0.1, 0.15) is 74.7 Å². The van der Waals surface area contributed by atoms with Crippen molar-refractivity contribution in [2.45, 2.75) is 104 Å². The monoisotopic (exact) mass is 515 g/mol. The van der Waals surface area contributed by atoms with E-state index in [9.17, 15) is 9.59 Å². The summed E-state index contributed by atoms with van der Waals surface area (Å²) >= 11 is 0. The molecule has 0 aromatic carbocycles. The molecule has 10 nitrogen and oxygen atoms in total. The molecule has 0 spiro atoms. The van der Waals surface area contributed by atoms with Crippen LogP contribution in [0, 0.1) is 5.92 Å². The lowest BCUT2D eigenvalue weighted by molar-refractivity contribution is -0.132. The van der Waals surface area contributed by atoms with Crippen molar-refractivity contribution < 1.29 is 23.6 Å². The molecule has 1 aliphatic carbocycles. The second kappa shape index (κ2) is 10.1. The van der Waals surface area contributed by atoms with Gasteiger partial charge >= 0.3 is 13.2 Å². The average molecular weight is 515 g/mol. The van der Waals surface area contributed by atoms with Gasteiger partial charge in [0.2, 0.25) is 11.9 Å². The smallest absolute Gasteiger partial charge is 0.444 e. The van der Waals surface area contributed by atoms with E-state index in [-0.39, 0.29) is 5.91 Å². The first-order valence-electron chi connectivity index (χ1n) is 13.4. The minimum Gasteiger partial charge on any atom is -0.444 e. The zero-order chi connectivity index (χ0) is 27.2. The van der Waals surface area contributed by atoms with Crippen molar-refractivity contribution >= 4 is 30.5 Å². The first-order chi connectivity index (χ1) is 17.1. The number of rotatable bonds is 7. The van der Waals surface area contributed by atoms with E-state index in [1.54, 1.807) is 40.1 Å². The molecule has 1 aromatic rings. The second-order valence-corrected chi connectivity index (χ2v) is 12.6. The molecule has 2 aliphatic heterocycles. The summed E-state index contributed by atoms with van der Waals surface area (Å²) in [7, 11) is -0.487. The third-order valence-electron chi connectivity index (χ3n) is 7.58. The van der Waals surface area contributed by atoms with Gasteiger partial charge in [0.15, 0.2) is 0 Å². The molecule has 2 amide bonds. The number of likely N-dealkylation sites (tertiary alicyclic amines) is 1. The van der Waals surface area contributed by atoms with Crippen molar-refractivity contribution in [3.8, 4) is 0 Å². The van der Waals surface area contributed by atoms with Gasteiger partial charge in [0.1, 0.15) is 11.6 Å². The van der Waals surface area contributed by atoms with Gasteiger partial charge in [0.05, 0.1) is 11.2 Å². The summed E-state index contributed by atoms with van der Waals surface area (Å²) < 4.78 is 17.5. The lowest BCUT2D eigenvalue weighted by Gasteiger charge is -2.32. The number of carbonyl (C=O) groups is 2. The first-order valence-corrected chi connectivity index (χ1v) is 13.4. The molecule has 0 bridgehead atoms. The molecule has 1 N–H and O–H groups in total. The van der Waals surface area contributed by atoms with Gasteiger partial charge in [0, 0.05) is 43.5 Å². The molecule has 2 unspecified atom stereocenters. The van der Waals surface area contributed by atoms with E-state index in [2.05, 4.69) is 20.2 Å². The van der Waals surface area contributed by atoms with E-state index >= 15 is 0 Å². The van der Waals surface area contributed by atoms with Crippen molar-refractivity contribution in [3.05, 3.63) is 12.4 Å². The Bertz CT molecular complexity index is 976. The molecule has 3 heterocycles. The van der Waals surface area contributed by atoms with Gasteiger partial charge in [-0.25, -0.2) is 14.8 Å². The molecule has 1 saturated carbocycles. The van der Waals surface area contributed by atoms with Crippen LogP contribution in [0.4, 0.5) is 10.7 Å². The van der Waals surface area contributed by atoms with Crippen molar-refractivity contribution in [2.75, 3.05) is 24.5 Å². The van der Waals surface area contributed by atoms with Crippen LogP contribution in [0.25, 0.3) is 0 Å². The number of hydrogen-bond acceptors (Lipinski definition) is 8. The molecule has 3 aliphatic rings. The number of aromatic nitrogens is 2. The third kappa shape index (κ3) is 6.55. The summed E-state index contributed by atoms with van der Waals surface area (Å²) in [5.41, 5.74) is -0.630. The molecule has 1 aromatic heterocycles. The summed E-state index contributed by atoms with van der Waals surface area (Å²) in [6.45, 7) is 17.3. The predicted molar refractivity (Wildman–Crippen MR) is 142 cm³/mol. The van der Waals surface area contributed by atoms with E-state index in [4.69, 9.17) is 14.0 Å². The molecule has 2 saturated heterocycles. The molecule has 3 fully saturated rings. The van der Waals surface area contributed by atoms with Crippen LogP contribution >= 0.6 is 0 Å². The predicted octanol–water partition coefficient (Wildman–Crippen LogP) is 2.51. The summed E-state index contributed by atoms with van der Waals surface area (Å²) in [5.74, 6) is 0.923. The second-order valence-electron chi connectivity index (χ2n) is 12.6. The number of alkyl carbamates (subject to hydrolysis) is 1. The average Bonchev–Trinajstić information content (AvgIpc) is 3.46. The number of nitrogens with zero attached hydrogens (tertiary/aromatic N) is 4. The summed E-state index contributed by atoms with van der Waals surface area (Å²) in [5, 5.41) is 2.66. The van der Waals surface area contributed by atoms with E-state index in [0.29, 0.717) is 31.0 Å². The normalized spacial score (nSPS) is 23.6. The van der Waals surface area contributed by atoms with Crippen molar-refractivity contribution in [3.63, 3.8) is 0 Å². The van der Waals surface area contributed by atoms with Gasteiger partial charge in [-0.2, -0.15) is 0 Å².